The molecule has 0 aromatic carbocycles. The number of halogens is 1. The number of nitrogens with zero attached hydrogens (tertiary/aromatic N) is 1. The Bertz CT molecular complexity index is 247. The summed E-state index contributed by atoms with van der Waals surface area (Å²) >= 11 is 0. The Labute approximate surface area is 77.7 Å². The van der Waals surface area contributed by atoms with Crippen LogP contribution in [0.4, 0.5) is 4.39 Å². The highest BCUT2D eigenvalue weighted by atomic mass is 19.1. The Kier molecular flexibility index (Phi) is 1.42. The topological polar surface area (TPSA) is 23.5 Å². The fraction of sp³-hybridized carbons (Fsp3) is 1.00. The van der Waals surface area contributed by atoms with Crippen molar-refractivity contribution >= 4 is 0 Å². The number of aliphatic hydroxyl groups excluding tert-OH is 1. The van der Waals surface area contributed by atoms with Crippen LogP contribution in [0.3, 0.4) is 0 Å². The summed E-state index contributed by atoms with van der Waals surface area (Å²) in [7, 11) is 0. The highest BCUT2D eigenvalue weighted by Gasteiger charge is 2.66. The molecule has 2 nitrogen and oxygen atoms in total. The normalized spacial score (nSPS) is 54.5. The van der Waals surface area contributed by atoms with E-state index in [0.717, 1.165) is 32.4 Å². The van der Waals surface area contributed by atoms with E-state index >= 15 is 0 Å². The van der Waals surface area contributed by atoms with Crippen molar-refractivity contribution in [2.24, 2.45) is 5.41 Å². The molecular weight excluding hydrogens is 169 g/mol. The van der Waals surface area contributed by atoms with E-state index in [-0.39, 0.29) is 17.6 Å². The maximum absolute atomic E-state index is 13.2. The van der Waals surface area contributed by atoms with Crippen LogP contribution in [0.2, 0.25) is 0 Å². The van der Waals surface area contributed by atoms with Gasteiger partial charge in [0.1, 0.15) is 6.17 Å². The molecule has 1 aliphatic carbocycles. The Morgan fingerprint density at radius 1 is 1.54 bits per heavy atom. The molecule has 74 valence electrons. The van der Waals surface area contributed by atoms with E-state index in [4.69, 9.17) is 0 Å². The highest BCUT2D eigenvalue weighted by molar-refractivity contribution is 5.18. The van der Waals surface area contributed by atoms with Gasteiger partial charge in [-0.2, -0.15) is 0 Å². The fourth-order valence-electron chi connectivity index (χ4n) is 3.41. The summed E-state index contributed by atoms with van der Waals surface area (Å²) < 4.78 is 13.2. The van der Waals surface area contributed by atoms with Crippen molar-refractivity contribution in [1.82, 2.24) is 4.90 Å². The van der Waals surface area contributed by atoms with Crippen LogP contribution in [0.15, 0.2) is 0 Å². The number of alkyl halides is 1. The third-order valence-corrected chi connectivity index (χ3v) is 4.31. The number of hydrogen-bond donors (Lipinski definition) is 1. The quantitative estimate of drug-likeness (QED) is 0.657. The van der Waals surface area contributed by atoms with E-state index in [2.05, 4.69) is 4.90 Å². The van der Waals surface area contributed by atoms with Crippen LogP contribution in [0.25, 0.3) is 0 Å². The summed E-state index contributed by atoms with van der Waals surface area (Å²) in [4.78, 5) is 2.33. The van der Waals surface area contributed by atoms with Gasteiger partial charge >= 0.3 is 0 Å². The first-order valence-corrected chi connectivity index (χ1v) is 5.21. The van der Waals surface area contributed by atoms with Crippen molar-refractivity contribution in [1.29, 1.82) is 0 Å². The van der Waals surface area contributed by atoms with Crippen LogP contribution in [0.5, 0.6) is 0 Å². The molecule has 2 aliphatic heterocycles. The SMILES string of the molecule is OC[C@@]12CCCN1C[C@@]1(C[C@@H]1F)C2. The lowest BCUT2D eigenvalue weighted by atomic mass is 9.89. The zero-order chi connectivity index (χ0) is 9.10. The third kappa shape index (κ3) is 0.895. The van der Waals surface area contributed by atoms with Gasteiger partial charge in [-0.25, -0.2) is 4.39 Å². The van der Waals surface area contributed by atoms with E-state index in [9.17, 15) is 9.50 Å². The zero-order valence-corrected chi connectivity index (χ0v) is 7.80. The number of fused-ring (bicyclic) bond motifs is 1. The maximum Gasteiger partial charge on any atom is 0.108 e. The van der Waals surface area contributed by atoms with Crippen LogP contribution in [-0.2, 0) is 0 Å². The molecule has 3 atom stereocenters. The average Bonchev–Trinajstić information content (AvgIpc) is 2.43. The van der Waals surface area contributed by atoms with Crippen LogP contribution in [-0.4, -0.2) is 41.4 Å². The molecule has 3 rings (SSSR count). The first-order chi connectivity index (χ1) is 6.21. The van der Waals surface area contributed by atoms with Crippen molar-refractivity contribution in [3.8, 4) is 0 Å². The van der Waals surface area contributed by atoms with Crippen molar-refractivity contribution in [2.45, 2.75) is 37.4 Å². The van der Waals surface area contributed by atoms with Gasteiger partial charge in [-0.3, -0.25) is 4.90 Å². The van der Waals surface area contributed by atoms with Crippen molar-refractivity contribution in [3.63, 3.8) is 0 Å². The molecule has 1 spiro atoms. The lowest BCUT2D eigenvalue weighted by Crippen LogP contribution is -2.41. The van der Waals surface area contributed by atoms with Crippen LogP contribution >= 0.6 is 0 Å². The van der Waals surface area contributed by atoms with Crippen LogP contribution < -0.4 is 0 Å². The Hall–Kier alpha value is -0.150. The van der Waals surface area contributed by atoms with Gasteiger partial charge in [0.25, 0.3) is 0 Å². The number of hydrogen-bond acceptors (Lipinski definition) is 2. The molecule has 0 aromatic rings. The predicted molar refractivity (Wildman–Crippen MR) is 47.2 cm³/mol. The first-order valence-electron chi connectivity index (χ1n) is 5.21. The molecule has 13 heavy (non-hydrogen) atoms. The standard InChI is InChI=1S/C10H16FNO/c11-8-4-9(8)5-10(7-13)2-1-3-12(10)6-9/h8,13H,1-7H2/t8-,9+,10-/m0/s1. The second-order valence-electron chi connectivity index (χ2n) is 5.12. The molecule has 0 unspecified atom stereocenters. The summed E-state index contributed by atoms with van der Waals surface area (Å²) in [5.41, 5.74) is -0.0655. The van der Waals surface area contributed by atoms with E-state index in [1.807, 2.05) is 0 Å². The first kappa shape index (κ1) is 8.18. The lowest BCUT2D eigenvalue weighted by molar-refractivity contribution is 0.0996. The minimum absolute atomic E-state index is 0.0269. The minimum Gasteiger partial charge on any atom is -0.394 e. The van der Waals surface area contributed by atoms with Gasteiger partial charge in [0.05, 0.1) is 6.61 Å². The van der Waals surface area contributed by atoms with Crippen molar-refractivity contribution in [2.75, 3.05) is 19.7 Å². The molecule has 3 heteroatoms. The molecule has 1 saturated carbocycles. The minimum atomic E-state index is -0.582. The summed E-state index contributed by atoms with van der Waals surface area (Å²) in [5, 5.41) is 9.41. The molecule has 3 fully saturated rings. The molecule has 1 N–H and O–H groups in total. The molecule has 0 aromatic heterocycles. The molecule has 2 saturated heterocycles. The Morgan fingerprint density at radius 2 is 2.31 bits per heavy atom. The Morgan fingerprint density at radius 3 is 2.85 bits per heavy atom. The number of rotatable bonds is 1. The second kappa shape index (κ2) is 2.26. The lowest BCUT2D eigenvalue weighted by Gasteiger charge is -2.29. The molecule has 0 radical (unpaired) electrons. The summed E-state index contributed by atoms with van der Waals surface area (Å²) in [6, 6.07) is 0. The molecular formula is C10H16FNO. The van der Waals surface area contributed by atoms with Gasteiger partial charge in [0, 0.05) is 17.5 Å². The molecule has 0 amide bonds. The summed E-state index contributed by atoms with van der Waals surface area (Å²) in [6.45, 7) is 2.19. The van der Waals surface area contributed by atoms with E-state index < -0.39 is 6.17 Å². The van der Waals surface area contributed by atoms with Gasteiger partial charge in [-0.1, -0.05) is 0 Å². The van der Waals surface area contributed by atoms with Crippen LogP contribution in [0.1, 0.15) is 25.7 Å². The molecule has 0 bridgehead atoms. The van der Waals surface area contributed by atoms with Gasteiger partial charge in [0.2, 0.25) is 0 Å². The monoisotopic (exact) mass is 185 g/mol. The van der Waals surface area contributed by atoms with E-state index in [1.54, 1.807) is 0 Å². The predicted octanol–water partition coefficient (Wildman–Crippen LogP) is 0.945. The van der Waals surface area contributed by atoms with Gasteiger partial charge in [-0.05, 0) is 32.2 Å². The second-order valence-corrected chi connectivity index (χ2v) is 5.12. The fourth-order valence-corrected chi connectivity index (χ4v) is 3.41. The van der Waals surface area contributed by atoms with E-state index in [1.165, 1.54) is 6.42 Å². The van der Waals surface area contributed by atoms with Crippen molar-refractivity contribution in [3.05, 3.63) is 0 Å². The van der Waals surface area contributed by atoms with Gasteiger partial charge in [-0.15, -0.1) is 0 Å². The smallest absolute Gasteiger partial charge is 0.108 e. The summed E-state index contributed by atoms with van der Waals surface area (Å²) in [5.74, 6) is 0. The third-order valence-electron chi connectivity index (χ3n) is 4.31. The maximum atomic E-state index is 13.2. The van der Waals surface area contributed by atoms with Gasteiger partial charge in [0.15, 0.2) is 0 Å². The molecule has 2 heterocycles. The molecule has 3 aliphatic rings. The van der Waals surface area contributed by atoms with Crippen LogP contribution in [0, 0.1) is 5.41 Å². The Balaban J connectivity index is 1.86. The zero-order valence-electron chi connectivity index (χ0n) is 7.80. The largest absolute Gasteiger partial charge is 0.394 e. The summed E-state index contributed by atoms with van der Waals surface area (Å²) in [6.07, 6.45) is 3.30. The van der Waals surface area contributed by atoms with E-state index in [0.29, 0.717) is 0 Å². The van der Waals surface area contributed by atoms with Crippen molar-refractivity contribution < 1.29 is 9.50 Å². The number of aliphatic hydroxyl groups is 1. The highest BCUT2D eigenvalue weighted by Crippen LogP contribution is 2.61. The van der Waals surface area contributed by atoms with Gasteiger partial charge < -0.3 is 5.11 Å². The average molecular weight is 185 g/mol.